The fourth-order valence-electron chi connectivity index (χ4n) is 1.39. The van der Waals surface area contributed by atoms with E-state index in [2.05, 4.69) is 15.3 Å². The molecule has 0 fully saturated rings. The highest BCUT2D eigenvalue weighted by molar-refractivity contribution is 5.67. The molecule has 1 rings (SSSR count). The van der Waals surface area contributed by atoms with Crippen LogP contribution in [0.5, 0.6) is 5.88 Å². The van der Waals surface area contributed by atoms with Crippen molar-refractivity contribution in [2.75, 3.05) is 19.0 Å². The van der Waals surface area contributed by atoms with Crippen molar-refractivity contribution in [3.63, 3.8) is 0 Å². The van der Waals surface area contributed by atoms with Crippen LogP contribution in [0.15, 0.2) is 12.4 Å². The largest absolute Gasteiger partial charge is 0.481 e. The van der Waals surface area contributed by atoms with Crippen molar-refractivity contribution in [2.24, 2.45) is 5.92 Å². The Kier molecular flexibility index (Phi) is 5.19. The van der Waals surface area contributed by atoms with E-state index in [4.69, 9.17) is 9.84 Å². The molecular formula is C11H17N3O3. The Morgan fingerprint density at radius 3 is 2.94 bits per heavy atom. The summed E-state index contributed by atoms with van der Waals surface area (Å²) in [6, 6.07) is 0. The minimum absolute atomic E-state index is 0.0838. The van der Waals surface area contributed by atoms with E-state index in [0.29, 0.717) is 18.2 Å². The van der Waals surface area contributed by atoms with Gasteiger partial charge in [0.2, 0.25) is 5.88 Å². The summed E-state index contributed by atoms with van der Waals surface area (Å²) in [5, 5.41) is 11.8. The topological polar surface area (TPSA) is 84.3 Å². The molecule has 0 bridgehead atoms. The van der Waals surface area contributed by atoms with Crippen molar-refractivity contribution in [1.29, 1.82) is 0 Å². The number of rotatable bonds is 7. The van der Waals surface area contributed by atoms with Gasteiger partial charge in [-0.3, -0.25) is 9.78 Å². The molecule has 1 atom stereocenters. The number of carboxylic acids is 1. The van der Waals surface area contributed by atoms with Crippen LogP contribution < -0.4 is 10.1 Å². The van der Waals surface area contributed by atoms with Crippen LogP contribution in [-0.4, -0.2) is 34.7 Å². The van der Waals surface area contributed by atoms with Crippen LogP contribution in [0.2, 0.25) is 0 Å². The SMILES string of the molecule is CCC(CNc1cncc(OC)n1)CC(=O)O. The average molecular weight is 239 g/mol. The summed E-state index contributed by atoms with van der Waals surface area (Å²) in [6.45, 7) is 2.52. The second-order valence-electron chi connectivity index (χ2n) is 3.70. The molecule has 0 aliphatic rings. The maximum Gasteiger partial charge on any atom is 0.303 e. The standard InChI is InChI=1S/C11H17N3O3/c1-3-8(4-11(15)16)5-13-9-6-12-7-10(14-9)17-2/h6-8H,3-5H2,1-2H3,(H,13,14)(H,15,16). The Bertz CT molecular complexity index is 371. The molecule has 1 heterocycles. The van der Waals surface area contributed by atoms with Crippen molar-refractivity contribution in [1.82, 2.24) is 9.97 Å². The van der Waals surface area contributed by atoms with Gasteiger partial charge >= 0.3 is 5.97 Å². The van der Waals surface area contributed by atoms with E-state index < -0.39 is 5.97 Å². The number of carboxylic acid groups (broad SMARTS) is 1. The molecule has 0 saturated carbocycles. The second-order valence-corrected chi connectivity index (χ2v) is 3.70. The number of nitrogens with zero attached hydrogens (tertiary/aromatic N) is 2. The first-order valence-electron chi connectivity index (χ1n) is 5.47. The zero-order chi connectivity index (χ0) is 12.7. The predicted molar refractivity (Wildman–Crippen MR) is 63.1 cm³/mol. The number of aromatic nitrogens is 2. The van der Waals surface area contributed by atoms with E-state index in [-0.39, 0.29) is 12.3 Å². The fraction of sp³-hybridized carbons (Fsp3) is 0.545. The summed E-state index contributed by atoms with van der Waals surface area (Å²) in [6.07, 6.45) is 4.05. The molecule has 6 nitrogen and oxygen atoms in total. The second kappa shape index (κ2) is 6.67. The van der Waals surface area contributed by atoms with Crippen LogP contribution in [0.4, 0.5) is 5.82 Å². The molecule has 94 valence electrons. The Hall–Kier alpha value is -1.85. The third-order valence-corrected chi connectivity index (χ3v) is 2.43. The number of hydrogen-bond donors (Lipinski definition) is 2. The number of methoxy groups -OCH3 is 1. The van der Waals surface area contributed by atoms with Crippen LogP contribution in [0.3, 0.4) is 0 Å². The highest BCUT2D eigenvalue weighted by Crippen LogP contribution is 2.12. The van der Waals surface area contributed by atoms with Crippen molar-refractivity contribution in [2.45, 2.75) is 19.8 Å². The zero-order valence-corrected chi connectivity index (χ0v) is 10.0. The van der Waals surface area contributed by atoms with Gasteiger partial charge in [0.1, 0.15) is 5.82 Å². The van der Waals surface area contributed by atoms with Crippen LogP contribution in [0, 0.1) is 5.92 Å². The summed E-state index contributed by atoms with van der Waals surface area (Å²) in [4.78, 5) is 18.7. The number of anilines is 1. The predicted octanol–water partition coefficient (Wildman–Crippen LogP) is 1.40. The smallest absolute Gasteiger partial charge is 0.303 e. The van der Waals surface area contributed by atoms with Gasteiger partial charge in [-0.05, 0) is 5.92 Å². The lowest BCUT2D eigenvalue weighted by Gasteiger charge is -2.13. The molecule has 0 aliphatic heterocycles. The minimum atomic E-state index is -0.782. The number of carbonyl (C=O) groups is 1. The van der Waals surface area contributed by atoms with Crippen molar-refractivity contribution in [3.05, 3.63) is 12.4 Å². The molecule has 6 heteroatoms. The molecule has 1 aromatic rings. The Morgan fingerprint density at radius 2 is 2.35 bits per heavy atom. The number of aliphatic carboxylic acids is 1. The zero-order valence-electron chi connectivity index (χ0n) is 10.0. The first kappa shape index (κ1) is 13.2. The lowest BCUT2D eigenvalue weighted by Crippen LogP contribution is -2.17. The Morgan fingerprint density at radius 1 is 1.59 bits per heavy atom. The van der Waals surface area contributed by atoms with Crippen LogP contribution in [0.1, 0.15) is 19.8 Å². The van der Waals surface area contributed by atoms with Gasteiger partial charge in [0.15, 0.2) is 0 Å². The van der Waals surface area contributed by atoms with Gasteiger partial charge in [0.25, 0.3) is 0 Å². The van der Waals surface area contributed by atoms with E-state index in [9.17, 15) is 4.79 Å². The molecule has 0 radical (unpaired) electrons. The van der Waals surface area contributed by atoms with Crippen LogP contribution >= 0.6 is 0 Å². The number of ether oxygens (including phenoxy) is 1. The van der Waals surface area contributed by atoms with Crippen LogP contribution in [-0.2, 0) is 4.79 Å². The summed E-state index contributed by atoms with van der Waals surface area (Å²) < 4.78 is 4.94. The molecular weight excluding hydrogens is 222 g/mol. The van der Waals surface area contributed by atoms with Crippen molar-refractivity contribution < 1.29 is 14.6 Å². The van der Waals surface area contributed by atoms with Gasteiger partial charge < -0.3 is 15.2 Å². The number of hydrogen-bond acceptors (Lipinski definition) is 5. The molecule has 17 heavy (non-hydrogen) atoms. The molecule has 1 unspecified atom stereocenters. The molecule has 0 saturated heterocycles. The Balaban J connectivity index is 2.50. The van der Waals surface area contributed by atoms with Gasteiger partial charge in [-0.15, -0.1) is 0 Å². The van der Waals surface area contributed by atoms with Gasteiger partial charge in [0.05, 0.1) is 19.5 Å². The molecule has 2 N–H and O–H groups in total. The normalized spacial score (nSPS) is 11.9. The quantitative estimate of drug-likeness (QED) is 0.748. The van der Waals surface area contributed by atoms with E-state index in [1.54, 1.807) is 6.20 Å². The van der Waals surface area contributed by atoms with E-state index >= 15 is 0 Å². The average Bonchev–Trinajstić information content (AvgIpc) is 2.34. The molecule has 0 aliphatic carbocycles. The van der Waals surface area contributed by atoms with Crippen molar-refractivity contribution >= 4 is 11.8 Å². The van der Waals surface area contributed by atoms with Gasteiger partial charge in [-0.1, -0.05) is 13.3 Å². The van der Waals surface area contributed by atoms with Gasteiger partial charge in [0, 0.05) is 13.0 Å². The highest BCUT2D eigenvalue weighted by atomic mass is 16.5. The molecule has 0 amide bonds. The molecule has 0 spiro atoms. The summed E-state index contributed by atoms with van der Waals surface area (Å²) >= 11 is 0. The Labute approximate surface area is 100 Å². The first-order valence-corrected chi connectivity index (χ1v) is 5.47. The third kappa shape index (κ3) is 4.67. The lowest BCUT2D eigenvalue weighted by molar-refractivity contribution is -0.138. The minimum Gasteiger partial charge on any atom is -0.481 e. The maximum atomic E-state index is 10.6. The maximum absolute atomic E-state index is 10.6. The van der Waals surface area contributed by atoms with E-state index in [0.717, 1.165) is 6.42 Å². The van der Waals surface area contributed by atoms with Gasteiger partial charge in [-0.2, -0.15) is 4.98 Å². The van der Waals surface area contributed by atoms with Gasteiger partial charge in [-0.25, -0.2) is 0 Å². The highest BCUT2D eigenvalue weighted by Gasteiger charge is 2.11. The molecule has 1 aromatic heterocycles. The number of nitrogens with one attached hydrogen (secondary N) is 1. The lowest BCUT2D eigenvalue weighted by atomic mass is 10.0. The monoisotopic (exact) mass is 239 g/mol. The summed E-state index contributed by atoms with van der Waals surface area (Å²) in [5.74, 6) is 0.324. The van der Waals surface area contributed by atoms with E-state index in [1.807, 2.05) is 6.92 Å². The van der Waals surface area contributed by atoms with Crippen molar-refractivity contribution in [3.8, 4) is 5.88 Å². The van der Waals surface area contributed by atoms with Crippen LogP contribution in [0.25, 0.3) is 0 Å². The summed E-state index contributed by atoms with van der Waals surface area (Å²) in [5.41, 5.74) is 0. The van der Waals surface area contributed by atoms with E-state index in [1.165, 1.54) is 13.3 Å². The first-order chi connectivity index (χ1) is 8.15. The fourth-order valence-corrected chi connectivity index (χ4v) is 1.39. The summed E-state index contributed by atoms with van der Waals surface area (Å²) in [7, 11) is 1.52. The third-order valence-electron chi connectivity index (χ3n) is 2.43. The molecule has 0 aromatic carbocycles.